The van der Waals surface area contributed by atoms with Crippen molar-refractivity contribution in [1.29, 1.82) is 5.41 Å². The van der Waals surface area contributed by atoms with E-state index in [2.05, 4.69) is 0 Å². The molecule has 1 fully saturated rings. The molecule has 19 heavy (non-hydrogen) atoms. The van der Waals surface area contributed by atoms with Gasteiger partial charge < -0.3 is 5.11 Å². The van der Waals surface area contributed by atoms with Crippen LogP contribution in [0.15, 0.2) is 23.3 Å². The molecule has 4 nitrogen and oxygen atoms in total. The maximum absolute atomic E-state index is 12.3. The van der Waals surface area contributed by atoms with E-state index in [1.807, 2.05) is 13.0 Å². The summed E-state index contributed by atoms with van der Waals surface area (Å²) in [6.45, 7) is 3.67. The summed E-state index contributed by atoms with van der Waals surface area (Å²) in [5, 5.41) is 18.1. The van der Waals surface area contributed by atoms with Crippen molar-refractivity contribution in [2.24, 2.45) is 0 Å². The van der Waals surface area contributed by atoms with Gasteiger partial charge in [0.1, 0.15) is 5.84 Å². The number of nitrogens with one attached hydrogen (secondary N) is 1. The molecule has 0 aromatic carbocycles. The van der Waals surface area contributed by atoms with Gasteiger partial charge in [-0.1, -0.05) is 18.9 Å². The summed E-state index contributed by atoms with van der Waals surface area (Å²) in [5.74, 6) is 0.187. The van der Waals surface area contributed by atoms with Crippen LogP contribution in [0.5, 0.6) is 0 Å². The van der Waals surface area contributed by atoms with Gasteiger partial charge >= 0.3 is 0 Å². The number of aliphatic hydroxyl groups is 1. The summed E-state index contributed by atoms with van der Waals surface area (Å²) in [6, 6.07) is -0.0453. The van der Waals surface area contributed by atoms with Crippen molar-refractivity contribution < 1.29 is 9.90 Å². The number of aliphatic hydroxyl groups excluding tert-OH is 1. The highest BCUT2D eigenvalue weighted by Crippen LogP contribution is 2.27. The van der Waals surface area contributed by atoms with Crippen molar-refractivity contribution in [3.05, 3.63) is 23.3 Å². The molecule has 0 aromatic heterocycles. The van der Waals surface area contributed by atoms with Crippen LogP contribution in [-0.2, 0) is 4.79 Å². The van der Waals surface area contributed by atoms with Crippen molar-refractivity contribution in [3.63, 3.8) is 0 Å². The van der Waals surface area contributed by atoms with Gasteiger partial charge in [0.2, 0.25) is 0 Å². The van der Waals surface area contributed by atoms with Crippen LogP contribution in [0.25, 0.3) is 0 Å². The predicted octanol–water partition coefficient (Wildman–Crippen LogP) is 2.39. The molecule has 2 atom stereocenters. The van der Waals surface area contributed by atoms with Gasteiger partial charge in [0.25, 0.3) is 5.91 Å². The van der Waals surface area contributed by atoms with E-state index in [4.69, 9.17) is 5.41 Å². The molecule has 1 saturated carbocycles. The molecule has 104 valence electrons. The molecular weight excluding hydrogens is 240 g/mol. The summed E-state index contributed by atoms with van der Waals surface area (Å²) in [4.78, 5) is 13.9. The molecule has 0 radical (unpaired) electrons. The third-order valence-electron chi connectivity index (χ3n) is 3.99. The zero-order valence-electron chi connectivity index (χ0n) is 11.6. The first-order chi connectivity index (χ1) is 9.04. The molecule has 4 heteroatoms. The molecule has 2 unspecified atom stereocenters. The van der Waals surface area contributed by atoms with Crippen LogP contribution >= 0.6 is 0 Å². The third kappa shape index (κ3) is 2.78. The van der Waals surface area contributed by atoms with Gasteiger partial charge in [-0.05, 0) is 39.2 Å². The monoisotopic (exact) mass is 262 g/mol. The third-order valence-corrected chi connectivity index (χ3v) is 3.99. The van der Waals surface area contributed by atoms with Gasteiger partial charge in [0, 0.05) is 17.2 Å². The number of carbonyl (C=O) groups is 1. The zero-order valence-corrected chi connectivity index (χ0v) is 11.6. The number of nitrogens with zero attached hydrogens (tertiary/aromatic N) is 1. The van der Waals surface area contributed by atoms with Crippen LogP contribution in [0, 0.1) is 5.41 Å². The Morgan fingerprint density at radius 1 is 1.42 bits per heavy atom. The Hall–Kier alpha value is -1.42. The number of amides is 1. The number of carbonyl (C=O) groups excluding carboxylic acids is 1. The molecule has 1 aliphatic heterocycles. The quantitative estimate of drug-likeness (QED) is 0.713. The fourth-order valence-corrected chi connectivity index (χ4v) is 2.91. The second kappa shape index (κ2) is 5.70. The van der Waals surface area contributed by atoms with Gasteiger partial charge in [-0.15, -0.1) is 0 Å². The Morgan fingerprint density at radius 3 is 2.79 bits per heavy atom. The predicted molar refractivity (Wildman–Crippen MR) is 75.0 cm³/mol. The van der Waals surface area contributed by atoms with E-state index in [-0.39, 0.29) is 23.9 Å². The number of hydrogen-bond acceptors (Lipinski definition) is 3. The molecule has 0 bridgehead atoms. The minimum absolute atomic E-state index is 0.0453. The second-order valence-electron chi connectivity index (χ2n) is 5.42. The number of hydrogen-bond donors (Lipinski definition) is 2. The van der Waals surface area contributed by atoms with E-state index in [1.165, 1.54) is 0 Å². The normalized spacial score (nSPS) is 31.4. The Bertz CT molecular complexity index is 451. The number of rotatable bonds is 1. The first-order valence-corrected chi connectivity index (χ1v) is 6.99. The molecule has 2 N–H and O–H groups in total. The van der Waals surface area contributed by atoms with E-state index < -0.39 is 0 Å². The lowest BCUT2D eigenvalue weighted by Crippen LogP contribution is -2.48. The molecule has 2 aliphatic rings. The van der Waals surface area contributed by atoms with Crippen LogP contribution in [0.4, 0.5) is 0 Å². The molecule has 1 amide bonds. The molecule has 0 spiro atoms. The van der Waals surface area contributed by atoms with Crippen molar-refractivity contribution in [2.75, 3.05) is 0 Å². The Morgan fingerprint density at radius 2 is 2.11 bits per heavy atom. The smallest absolute Gasteiger partial charge is 0.255 e. The van der Waals surface area contributed by atoms with Crippen LogP contribution < -0.4 is 0 Å². The summed E-state index contributed by atoms with van der Waals surface area (Å²) in [6.07, 6.45) is 7.54. The minimum Gasteiger partial charge on any atom is -0.393 e. The number of amidine groups is 1. The van der Waals surface area contributed by atoms with E-state index in [1.54, 1.807) is 17.9 Å². The van der Waals surface area contributed by atoms with Gasteiger partial charge in [-0.2, -0.15) is 0 Å². The van der Waals surface area contributed by atoms with E-state index in [9.17, 15) is 9.90 Å². The SMILES string of the molecule is C/C=C1/C=C(C)C(=O)N(C2CCCCC(O)C2)C1=N. The molecule has 1 heterocycles. The highest BCUT2D eigenvalue weighted by Gasteiger charge is 2.34. The lowest BCUT2D eigenvalue weighted by molar-refractivity contribution is -0.125. The minimum atomic E-state index is -0.353. The van der Waals surface area contributed by atoms with Crippen molar-refractivity contribution in [3.8, 4) is 0 Å². The van der Waals surface area contributed by atoms with E-state index in [0.29, 0.717) is 12.0 Å². The summed E-state index contributed by atoms with van der Waals surface area (Å²) < 4.78 is 0. The summed E-state index contributed by atoms with van der Waals surface area (Å²) in [7, 11) is 0. The Kier molecular flexibility index (Phi) is 4.20. The molecule has 0 aromatic rings. The molecule has 1 aliphatic carbocycles. The zero-order chi connectivity index (χ0) is 14.0. The molecule has 0 saturated heterocycles. The van der Waals surface area contributed by atoms with Crippen molar-refractivity contribution >= 4 is 11.7 Å². The van der Waals surface area contributed by atoms with Crippen LogP contribution in [0.2, 0.25) is 0 Å². The first kappa shape index (κ1) is 14.0. The Labute approximate surface area is 114 Å². The lowest BCUT2D eigenvalue weighted by Gasteiger charge is -2.35. The van der Waals surface area contributed by atoms with Gasteiger partial charge in [0.05, 0.1) is 6.10 Å². The maximum atomic E-state index is 12.3. The van der Waals surface area contributed by atoms with E-state index >= 15 is 0 Å². The topological polar surface area (TPSA) is 64.4 Å². The first-order valence-electron chi connectivity index (χ1n) is 6.99. The molecular formula is C15H22N2O2. The van der Waals surface area contributed by atoms with E-state index in [0.717, 1.165) is 31.3 Å². The summed E-state index contributed by atoms with van der Waals surface area (Å²) >= 11 is 0. The second-order valence-corrected chi connectivity index (χ2v) is 5.42. The fraction of sp³-hybridized carbons (Fsp3) is 0.600. The van der Waals surface area contributed by atoms with Gasteiger partial charge in [-0.25, -0.2) is 0 Å². The van der Waals surface area contributed by atoms with Crippen LogP contribution in [-0.4, -0.2) is 33.9 Å². The highest BCUT2D eigenvalue weighted by atomic mass is 16.3. The average molecular weight is 262 g/mol. The fourth-order valence-electron chi connectivity index (χ4n) is 2.91. The lowest BCUT2D eigenvalue weighted by atomic mass is 9.98. The average Bonchev–Trinajstić information content (AvgIpc) is 2.59. The van der Waals surface area contributed by atoms with Crippen LogP contribution in [0.3, 0.4) is 0 Å². The Balaban J connectivity index is 2.29. The van der Waals surface area contributed by atoms with Crippen molar-refractivity contribution in [2.45, 2.75) is 58.1 Å². The van der Waals surface area contributed by atoms with Gasteiger partial charge in [0.15, 0.2) is 0 Å². The summed E-state index contributed by atoms with van der Waals surface area (Å²) in [5.41, 5.74) is 1.46. The maximum Gasteiger partial charge on any atom is 0.255 e. The van der Waals surface area contributed by atoms with Crippen LogP contribution in [0.1, 0.15) is 46.0 Å². The number of allylic oxidation sites excluding steroid dienone is 1. The largest absolute Gasteiger partial charge is 0.393 e. The van der Waals surface area contributed by atoms with Gasteiger partial charge in [-0.3, -0.25) is 15.1 Å². The highest BCUT2D eigenvalue weighted by molar-refractivity contribution is 6.16. The van der Waals surface area contributed by atoms with Crippen molar-refractivity contribution in [1.82, 2.24) is 4.90 Å². The molecule has 2 rings (SSSR count). The standard InChI is InChI=1S/C15H22N2O2/c1-3-11-8-10(2)15(19)17(14(11)16)12-6-4-5-7-13(18)9-12/h3,8,12-13,16,18H,4-7,9H2,1-2H3/b11-3-,16-14?.